The topological polar surface area (TPSA) is 60.8 Å². The third-order valence-electron chi connectivity index (χ3n) is 2.96. The summed E-state index contributed by atoms with van der Waals surface area (Å²) in [5, 5.41) is 17.8. The Morgan fingerprint density at radius 3 is 2.73 bits per heavy atom. The first-order valence-electron chi connectivity index (χ1n) is 5.80. The molecule has 1 atom stereocenters. The van der Waals surface area contributed by atoms with E-state index < -0.39 is 0 Å². The second-order valence-corrected chi connectivity index (χ2v) is 4.10. The smallest absolute Gasteiger partial charge is 0.222 e. The second-order valence-electron chi connectivity index (χ2n) is 4.10. The maximum atomic E-state index is 11.8. The summed E-state index contributed by atoms with van der Waals surface area (Å²) in [5.41, 5.74) is 0. The highest BCUT2D eigenvalue weighted by Crippen LogP contribution is 2.18. The molecule has 1 heterocycles. The van der Waals surface area contributed by atoms with Gasteiger partial charge < -0.3 is 15.1 Å². The minimum absolute atomic E-state index is 0.0281. The number of piperidine rings is 1. The molecular formula is C11H21NO3. The summed E-state index contributed by atoms with van der Waals surface area (Å²) in [6.07, 6.45) is 4.99. The lowest BCUT2D eigenvalue weighted by Gasteiger charge is -2.34. The van der Waals surface area contributed by atoms with Crippen molar-refractivity contribution in [2.75, 3.05) is 19.8 Å². The fourth-order valence-corrected chi connectivity index (χ4v) is 2.05. The molecule has 4 nitrogen and oxygen atoms in total. The van der Waals surface area contributed by atoms with Gasteiger partial charge in [-0.3, -0.25) is 4.79 Å². The van der Waals surface area contributed by atoms with Crippen LogP contribution in [0.5, 0.6) is 0 Å². The average molecular weight is 215 g/mol. The van der Waals surface area contributed by atoms with E-state index in [9.17, 15) is 4.79 Å². The molecule has 0 bridgehead atoms. The van der Waals surface area contributed by atoms with Crippen LogP contribution in [0.15, 0.2) is 0 Å². The normalized spacial score (nSPS) is 21.7. The Morgan fingerprint density at radius 2 is 2.07 bits per heavy atom. The number of nitrogens with zero attached hydrogens (tertiary/aromatic N) is 1. The highest BCUT2D eigenvalue weighted by Gasteiger charge is 2.25. The van der Waals surface area contributed by atoms with Gasteiger partial charge in [0.05, 0.1) is 12.6 Å². The molecule has 15 heavy (non-hydrogen) atoms. The van der Waals surface area contributed by atoms with Crippen molar-refractivity contribution >= 4 is 5.91 Å². The van der Waals surface area contributed by atoms with E-state index in [2.05, 4.69) is 0 Å². The van der Waals surface area contributed by atoms with Crippen LogP contribution in [0.4, 0.5) is 0 Å². The molecule has 88 valence electrons. The first kappa shape index (κ1) is 12.5. The number of unbranched alkanes of at least 4 members (excludes halogenated alkanes) is 1. The Kier molecular flexibility index (Phi) is 5.65. The fourth-order valence-electron chi connectivity index (χ4n) is 2.05. The summed E-state index contributed by atoms with van der Waals surface area (Å²) in [7, 11) is 0. The molecule has 1 saturated heterocycles. The van der Waals surface area contributed by atoms with Gasteiger partial charge in [-0.2, -0.15) is 0 Å². The van der Waals surface area contributed by atoms with Gasteiger partial charge >= 0.3 is 0 Å². The average Bonchev–Trinajstić information content (AvgIpc) is 2.29. The van der Waals surface area contributed by atoms with Gasteiger partial charge in [-0.05, 0) is 32.1 Å². The van der Waals surface area contributed by atoms with Gasteiger partial charge in [-0.25, -0.2) is 0 Å². The van der Waals surface area contributed by atoms with Crippen LogP contribution in [-0.4, -0.2) is 46.8 Å². The number of carbonyl (C=O) groups is 1. The van der Waals surface area contributed by atoms with E-state index in [1.807, 2.05) is 0 Å². The van der Waals surface area contributed by atoms with E-state index >= 15 is 0 Å². The van der Waals surface area contributed by atoms with E-state index in [1.165, 1.54) is 0 Å². The van der Waals surface area contributed by atoms with Gasteiger partial charge in [0.1, 0.15) is 0 Å². The molecular weight excluding hydrogens is 194 g/mol. The van der Waals surface area contributed by atoms with Crippen molar-refractivity contribution < 1.29 is 15.0 Å². The fraction of sp³-hybridized carbons (Fsp3) is 0.909. The molecule has 0 spiro atoms. The van der Waals surface area contributed by atoms with Gasteiger partial charge in [0.2, 0.25) is 5.91 Å². The van der Waals surface area contributed by atoms with Crippen LogP contribution < -0.4 is 0 Å². The van der Waals surface area contributed by atoms with E-state index in [-0.39, 0.29) is 25.2 Å². The number of carbonyl (C=O) groups excluding carboxylic acids is 1. The maximum absolute atomic E-state index is 11.8. The number of hydrogen-bond donors (Lipinski definition) is 2. The van der Waals surface area contributed by atoms with E-state index in [0.717, 1.165) is 32.2 Å². The van der Waals surface area contributed by atoms with Gasteiger partial charge in [0.25, 0.3) is 0 Å². The minimum Gasteiger partial charge on any atom is -0.396 e. The van der Waals surface area contributed by atoms with Crippen LogP contribution >= 0.6 is 0 Å². The molecule has 1 amide bonds. The molecule has 0 aromatic heterocycles. The molecule has 0 aliphatic carbocycles. The molecule has 4 heteroatoms. The molecule has 1 aliphatic rings. The zero-order valence-electron chi connectivity index (χ0n) is 9.19. The number of hydrogen-bond acceptors (Lipinski definition) is 3. The SMILES string of the molecule is O=C(CCCCO)N1CCCCC1CO. The van der Waals surface area contributed by atoms with E-state index in [4.69, 9.17) is 10.2 Å². The molecule has 1 aliphatic heterocycles. The van der Waals surface area contributed by atoms with Crippen LogP contribution in [0.2, 0.25) is 0 Å². The number of rotatable bonds is 5. The zero-order chi connectivity index (χ0) is 11.1. The van der Waals surface area contributed by atoms with Gasteiger partial charge in [-0.15, -0.1) is 0 Å². The Balaban J connectivity index is 2.34. The monoisotopic (exact) mass is 215 g/mol. The first-order chi connectivity index (χ1) is 7.29. The first-order valence-corrected chi connectivity index (χ1v) is 5.80. The molecule has 2 N–H and O–H groups in total. The minimum atomic E-state index is 0.0281. The lowest BCUT2D eigenvalue weighted by Crippen LogP contribution is -2.45. The van der Waals surface area contributed by atoms with E-state index in [0.29, 0.717) is 12.8 Å². The Bertz CT molecular complexity index is 196. The highest BCUT2D eigenvalue weighted by molar-refractivity contribution is 5.76. The molecule has 1 unspecified atom stereocenters. The summed E-state index contributed by atoms with van der Waals surface area (Å²) in [4.78, 5) is 13.6. The lowest BCUT2D eigenvalue weighted by atomic mass is 10.0. The van der Waals surface area contributed by atoms with Crippen molar-refractivity contribution in [3.63, 3.8) is 0 Å². The lowest BCUT2D eigenvalue weighted by molar-refractivity contribution is -0.136. The molecule has 1 rings (SSSR count). The molecule has 0 aromatic rings. The molecule has 0 radical (unpaired) electrons. The van der Waals surface area contributed by atoms with Crippen LogP contribution in [-0.2, 0) is 4.79 Å². The summed E-state index contributed by atoms with van der Waals surface area (Å²) in [6, 6.07) is 0.0281. The third kappa shape index (κ3) is 3.80. The molecule has 0 saturated carbocycles. The van der Waals surface area contributed by atoms with Crippen LogP contribution in [0, 0.1) is 0 Å². The number of amides is 1. The van der Waals surface area contributed by atoms with Gasteiger partial charge in [0, 0.05) is 19.6 Å². The highest BCUT2D eigenvalue weighted by atomic mass is 16.3. The van der Waals surface area contributed by atoms with Crippen molar-refractivity contribution in [1.82, 2.24) is 4.90 Å². The number of aliphatic hydroxyl groups is 2. The molecule has 0 aromatic carbocycles. The summed E-state index contributed by atoms with van der Waals surface area (Å²) in [5.74, 6) is 0.127. The van der Waals surface area contributed by atoms with Crippen molar-refractivity contribution in [2.24, 2.45) is 0 Å². The third-order valence-corrected chi connectivity index (χ3v) is 2.96. The summed E-state index contributed by atoms with van der Waals surface area (Å²) >= 11 is 0. The maximum Gasteiger partial charge on any atom is 0.222 e. The molecule has 1 fully saturated rings. The number of aliphatic hydroxyl groups excluding tert-OH is 2. The standard InChI is InChI=1S/C11H21NO3/c13-8-4-2-6-11(15)12-7-3-1-5-10(12)9-14/h10,13-14H,1-9H2. The predicted molar refractivity (Wildman–Crippen MR) is 57.4 cm³/mol. The van der Waals surface area contributed by atoms with Crippen molar-refractivity contribution in [3.05, 3.63) is 0 Å². The largest absolute Gasteiger partial charge is 0.396 e. The van der Waals surface area contributed by atoms with Crippen molar-refractivity contribution in [2.45, 2.75) is 44.6 Å². The predicted octanol–water partition coefficient (Wildman–Crippen LogP) is 0.522. The quantitative estimate of drug-likeness (QED) is 0.657. The van der Waals surface area contributed by atoms with Gasteiger partial charge in [-0.1, -0.05) is 0 Å². The number of likely N-dealkylation sites (tertiary alicyclic amines) is 1. The Hall–Kier alpha value is -0.610. The Morgan fingerprint density at radius 1 is 1.27 bits per heavy atom. The van der Waals surface area contributed by atoms with Crippen LogP contribution in [0.3, 0.4) is 0 Å². The van der Waals surface area contributed by atoms with Crippen LogP contribution in [0.25, 0.3) is 0 Å². The zero-order valence-corrected chi connectivity index (χ0v) is 9.19. The second kappa shape index (κ2) is 6.80. The Labute approximate surface area is 90.9 Å². The van der Waals surface area contributed by atoms with Crippen LogP contribution in [0.1, 0.15) is 38.5 Å². The van der Waals surface area contributed by atoms with Crippen molar-refractivity contribution in [1.29, 1.82) is 0 Å². The van der Waals surface area contributed by atoms with Gasteiger partial charge in [0.15, 0.2) is 0 Å². The summed E-state index contributed by atoms with van der Waals surface area (Å²) in [6.45, 7) is 1.01. The summed E-state index contributed by atoms with van der Waals surface area (Å²) < 4.78 is 0. The van der Waals surface area contributed by atoms with E-state index in [1.54, 1.807) is 4.90 Å². The van der Waals surface area contributed by atoms with Crippen molar-refractivity contribution in [3.8, 4) is 0 Å².